The van der Waals surface area contributed by atoms with Crippen molar-refractivity contribution >= 4 is 29.9 Å². The third-order valence-electron chi connectivity index (χ3n) is 3.05. The van der Waals surface area contributed by atoms with E-state index in [2.05, 4.69) is 44.7 Å². The third kappa shape index (κ3) is 6.59. The molecule has 23 heavy (non-hydrogen) atoms. The molecule has 0 saturated carbocycles. The minimum absolute atomic E-state index is 0. The molecule has 0 aliphatic carbocycles. The van der Waals surface area contributed by atoms with Gasteiger partial charge in [0, 0.05) is 26.1 Å². The first-order valence-electron chi connectivity index (χ1n) is 7.80. The lowest BCUT2D eigenvalue weighted by Crippen LogP contribution is -2.38. The molecule has 0 bridgehead atoms. The Morgan fingerprint density at radius 3 is 2.91 bits per heavy atom. The lowest BCUT2D eigenvalue weighted by Gasteiger charge is -2.10. The van der Waals surface area contributed by atoms with Crippen molar-refractivity contribution < 1.29 is 4.42 Å². The molecule has 2 heterocycles. The van der Waals surface area contributed by atoms with Gasteiger partial charge in [0.05, 0.1) is 6.26 Å². The molecule has 2 rings (SSSR count). The second kappa shape index (κ2) is 11.0. The molecule has 2 aromatic heterocycles. The number of unbranched alkanes of at least 4 members (excludes halogenated alkanes) is 1. The molecule has 128 valence electrons. The lowest BCUT2D eigenvalue weighted by atomic mass is 10.3. The molecule has 0 aliphatic heterocycles. The van der Waals surface area contributed by atoms with Gasteiger partial charge in [0.15, 0.2) is 11.7 Å². The van der Waals surface area contributed by atoms with E-state index in [1.807, 2.05) is 12.1 Å². The molecule has 0 unspecified atom stereocenters. The van der Waals surface area contributed by atoms with Crippen LogP contribution < -0.4 is 10.6 Å². The molecule has 0 atom stereocenters. The first-order chi connectivity index (χ1) is 10.8. The fourth-order valence-corrected chi connectivity index (χ4v) is 1.91. The Bertz CT molecular complexity index is 566. The van der Waals surface area contributed by atoms with Crippen LogP contribution >= 0.6 is 24.0 Å². The van der Waals surface area contributed by atoms with Crippen LogP contribution in [0.15, 0.2) is 27.8 Å². The van der Waals surface area contributed by atoms with Crippen LogP contribution in [0.5, 0.6) is 0 Å². The Morgan fingerprint density at radius 1 is 1.35 bits per heavy atom. The van der Waals surface area contributed by atoms with Gasteiger partial charge in [-0.3, -0.25) is 10.1 Å². The molecule has 2 aromatic rings. The number of guanidine groups is 1. The Hall–Kier alpha value is -1.58. The summed E-state index contributed by atoms with van der Waals surface area (Å²) < 4.78 is 5.27. The highest BCUT2D eigenvalue weighted by molar-refractivity contribution is 14.0. The smallest absolute Gasteiger partial charge is 0.216 e. The number of nitrogens with zero attached hydrogens (tertiary/aromatic N) is 3. The first-order valence-corrected chi connectivity index (χ1v) is 7.80. The van der Waals surface area contributed by atoms with Crippen molar-refractivity contribution in [2.75, 3.05) is 19.6 Å². The molecular formula is C15H25IN6O. The van der Waals surface area contributed by atoms with Crippen molar-refractivity contribution in [3.05, 3.63) is 24.2 Å². The van der Waals surface area contributed by atoms with Crippen LogP contribution in [0.2, 0.25) is 0 Å². The van der Waals surface area contributed by atoms with Gasteiger partial charge in [-0.15, -0.1) is 24.0 Å². The maximum Gasteiger partial charge on any atom is 0.216 e. The van der Waals surface area contributed by atoms with Gasteiger partial charge in [0.25, 0.3) is 0 Å². The molecule has 0 aliphatic rings. The Balaban J connectivity index is 0.00000264. The van der Waals surface area contributed by atoms with E-state index in [4.69, 9.17) is 4.42 Å². The maximum atomic E-state index is 5.27. The molecule has 0 aromatic carbocycles. The van der Waals surface area contributed by atoms with Crippen LogP contribution in [0.1, 0.15) is 32.5 Å². The quantitative estimate of drug-likeness (QED) is 0.258. The molecule has 7 nitrogen and oxygen atoms in total. The largest absolute Gasteiger partial charge is 0.461 e. The zero-order valence-electron chi connectivity index (χ0n) is 13.6. The SMILES string of the molecule is CCCCN=C(NCC)NCCc1nc(-c2ccco2)n[nH]1.I. The van der Waals surface area contributed by atoms with Gasteiger partial charge in [-0.05, 0) is 25.5 Å². The van der Waals surface area contributed by atoms with Gasteiger partial charge in [0.1, 0.15) is 5.82 Å². The second-order valence-electron chi connectivity index (χ2n) is 4.87. The summed E-state index contributed by atoms with van der Waals surface area (Å²) in [7, 11) is 0. The summed E-state index contributed by atoms with van der Waals surface area (Å²) >= 11 is 0. The predicted octanol–water partition coefficient (Wildman–Crippen LogP) is 2.58. The van der Waals surface area contributed by atoms with Gasteiger partial charge < -0.3 is 15.1 Å². The summed E-state index contributed by atoms with van der Waals surface area (Å²) in [6, 6.07) is 3.66. The molecule has 8 heteroatoms. The Morgan fingerprint density at radius 2 is 2.22 bits per heavy atom. The van der Waals surface area contributed by atoms with Crippen LogP contribution in [-0.2, 0) is 6.42 Å². The first kappa shape index (κ1) is 19.5. The van der Waals surface area contributed by atoms with E-state index < -0.39 is 0 Å². The highest BCUT2D eigenvalue weighted by Gasteiger charge is 2.08. The van der Waals surface area contributed by atoms with E-state index in [9.17, 15) is 0 Å². The normalized spacial score (nSPS) is 11.1. The zero-order valence-corrected chi connectivity index (χ0v) is 16.0. The number of H-pyrrole nitrogens is 1. The minimum Gasteiger partial charge on any atom is -0.461 e. The summed E-state index contributed by atoms with van der Waals surface area (Å²) in [4.78, 5) is 8.92. The predicted molar refractivity (Wildman–Crippen MR) is 102 cm³/mol. The third-order valence-corrected chi connectivity index (χ3v) is 3.05. The molecule has 3 N–H and O–H groups in total. The Kier molecular flexibility index (Phi) is 9.34. The molecule has 0 saturated heterocycles. The number of aliphatic imine (C=N–C) groups is 1. The number of furan rings is 1. The van der Waals surface area contributed by atoms with E-state index >= 15 is 0 Å². The van der Waals surface area contributed by atoms with Crippen LogP contribution in [0.3, 0.4) is 0 Å². The van der Waals surface area contributed by atoms with Gasteiger partial charge in [-0.2, -0.15) is 5.10 Å². The molecule has 0 spiro atoms. The van der Waals surface area contributed by atoms with E-state index in [0.29, 0.717) is 11.6 Å². The fourth-order valence-electron chi connectivity index (χ4n) is 1.91. The molecule has 0 amide bonds. The lowest BCUT2D eigenvalue weighted by molar-refractivity contribution is 0.577. The van der Waals surface area contributed by atoms with E-state index in [1.54, 1.807) is 6.26 Å². The average Bonchev–Trinajstić information content (AvgIpc) is 3.18. The fraction of sp³-hybridized carbons (Fsp3) is 0.533. The summed E-state index contributed by atoms with van der Waals surface area (Å²) in [5.41, 5.74) is 0. The summed E-state index contributed by atoms with van der Waals surface area (Å²) in [6.45, 7) is 6.66. The zero-order chi connectivity index (χ0) is 15.6. The minimum atomic E-state index is 0. The molecular weight excluding hydrogens is 407 g/mol. The van der Waals surface area contributed by atoms with Gasteiger partial charge >= 0.3 is 0 Å². The van der Waals surface area contributed by atoms with Crippen molar-refractivity contribution in [2.24, 2.45) is 4.99 Å². The van der Waals surface area contributed by atoms with Crippen molar-refractivity contribution in [1.29, 1.82) is 0 Å². The van der Waals surface area contributed by atoms with E-state index in [1.165, 1.54) is 0 Å². The number of halogens is 1. The number of rotatable bonds is 8. The number of aromatic amines is 1. The van der Waals surface area contributed by atoms with Gasteiger partial charge in [-0.1, -0.05) is 13.3 Å². The summed E-state index contributed by atoms with van der Waals surface area (Å²) in [6.07, 6.45) is 4.61. The van der Waals surface area contributed by atoms with Crippen LogP contribution in [0, 0.1) is 0 Å². The second-order valence-corrected chi connectivity index (χ2v) is 4.87. The van der Waals surface area contributed by atoms with Crippen molar-refractivity contribution in [3.8, 4) is 11.6 Å². The Labute approximate surface area is 153 Å². The molecule has 0 radical (unpaired) electrons. The molecule has 0 fully saturated rings. The number of aromatic nitrogens is 3. The van der Waals surface area contributed by atoms with Gasteiger partial charge in [-0.25, -0.2) is 4.98 Å². The number of hydrogen-bond donors (Lipinski definition) is 3. The number of hydrogen-bond acceptors (Lipinski definition) is 4. The van der Waals surface area contributed by atoms with E-state index in [0.717, 1.165) is 50.7 Å². The summed E-state index contributed by atoms with van der Waals surface area (Å²) in [5, 5.41) is 13.6. The standard InChI is InChI=1S/C15H24N6O.HI/c1-3-5-9-17-15(16-4-2)18-10-8-13-19-14(21-20-13)12-7-6-11-22-12;/h6-7,11H,3-5,8-10H2,1-2H3,(H2,16,17,18)(H,19,20,21);1H. The van der Waals surface area contributed by atoms with Crippen LogP contribution in [-0.4, -0.2) is 40.8 Å². The van der Waals surface area contributed by atoms with Crippen molar-refractivity contribution in [2.45, 2.75) is 33.1 Å². The topological polar surface area (TPSA) is 91.1 Å². The van der Waals surface area contributed by atoms with Crippen LogP contribution in [0.4, 0.5) is 0 Å². The van der Waals surface area contributed by atoms with Gasteiger partial charge in [0.2, 0.25) is 5.82 Å². The van der Waals surface area contributed by atoms with Crippen LogP contribution in [0.25, 0.3) is 11.6 Å². The van der Waals surface area contributed by atoms with Crippen molar-refractivity contribution in [3.63, 3.8) is 0 Å². The highest BCUT2D eigenvalue weighted by Crippen LogP contribution is 2.14. The average molecular weight is 432 g/mol. The monoisotopic (exact) mass is 432 g/mol. The van der Waals surface area contributed by atoms with Crippen molar-refractivity contribution in [1.82, 2.24) is 25.8 Å². The maximum absolute atomic E-state index is 5.27. The van der Waals surface area contributed by atoms with E-state index in [-0.39, 0.29) is 24.0 Å². The summed E-state index contributed by atoms with van der Waals surface area (Å²) in [5.74, 6) is 2.93. The number of nitrogens with one attached hydrogen (secondary N) is 3. The highest BCUT2D eigenvalue weighted by atomic mass is 127.